The maximum absolute atomic E-state index is 12.9. The van der Waals surface area contributed by atoms with Gasteiger partial charge in [0.2, 0.25) is 0 Å². The fourth-order valence-corrected chi connectivity index (χ4v) is 2.70. The number of hydrogen-bond donors (Lipinski definition) is 1. The molecular formula is C12H13FN4O. The van der Waals surface area contributed by atoms with Crippen molar-refractivity contribution in [1.82, 2.24) is 20.2 Å². The lowest BCUT2D eigenvalue weighted by molar-refractivity contribution is 0.153. The van der Waals surface area contributed by atoms with Gasteiger partial charge in [0, 0.05) is 5.92 Å². The molecule has 0 aliphatic heterocycles. The molecule has 1 aliphatic carbocycles. The Labute approximate surface area is 103 Å². The first-order valence-electron chi connectivity index (χ1n) is 5.91. The minimum Gasteiger partial charge on any atom is -0.392 e. The molecule has 1 heterocycles. The molecule has 0 saturated heterocycles. The molecule has 1 aromatic heterocycles. The lowest BCUT2D eigenvalue weighted by Crippen LogP contribution is -2.20. The number of benzene rings is 1. The average molecular weight is 248 g/mol. The van der Waals surface area contributed by atoms with Crippen molar-refractivity contribution in [3.05, 3.63) is 42.0 Å². The zero-order chi connectivity index (χ0) is 12.5. The number of halogens is 1. The summed E-state index contributed by atoms with van der Waals surface area (Å²) in [5.41, 5.74) is 0.918. The van der Waals surface area contributed by atoms with Crippen molar-refractivity contribution in [3.63, 3.8) is 0 Å². The molecule has 0 amide bonds. The number of rotatable bonds is 2. The van der Waals surface area contributed by atoms with Crippen LogP contribution in [0, 0.1) is 5.82 Å². The molecule has 1 aliphatic rings. The van der Waals surface area contributed by atoms with Crippen LogP contribution >= 0.6 is 0 Å². The van der Waals surface area contributed by atoms with Crippen molar-refractivity contribution in [3.8, 4) is 0 Å². The van der Waals surface area contributed by atoms with E-state index in [1.165, 1.54) is 12.1 Å². The zero-order valence-corrected chi connectivity index (χ0v) is 9.65. The number of aliphatic hydroxyl groups is 1. The summed E-state index contributed by atoms with van der Waals surface area (Å²) in [6.45, 7) is 0. The molecule has 1 N–H and O–H groups in total. The number of aromatic nitrogens is 4. The van der Waals surface area contributed by atoms with Crippen LogP contribution in [0.2, 0.25) is 0 Å². The maximum Gasteiger partial charge on any atom is 0.138 e. The SMILES string of the molecule is O[C@@H]1CC[C@H](n2cnnn2)[C@@H]1c1ccc(F)cc1. The Morgan fingerprint density at radius 2 is 2.00 bits per heavy atom. The Bertz CT molecular complexity index is 513. The van der Waals surface area contributed by atoms with Crippen LogP contribution in [-0.2, 0) is 0 Å². The Hall–Kier alpha value is -1.82. The van der Waals surface area contributed by atoms with E-state index in [-0.39, 0.29) is 17.8 Å². The van der Waals surface area contributed by atoms with Gasteiger partial charge in [0.15, 0.2) is 0 Å². The monoisotopic (exact) mass is 248 g/mol. The van der Waals surface area contributed by atoms with Gasteiger partial charge < -0.3 is 5.11 Å². The van der Waals surface area contributed by atoms with E-state index in [0.29, 0.717) is 6.42 Å². The summed E-state index contributed by atoms with van der Waals surface area (Å²) in [5.74, 6) is -0.362. The quantitative estimate of drug-likeness (QED) is 0.869. The number of tetrazole rings is 1. The van der Waals surface area contributed by atoms with Gasteiger partial charge in [0.05, 0.1) is 12.1 Å². The van der Waals surface area contributed by atoms with E-state index in [1.54, 1.807) is 23.1 Å². The van der Waals surface area contributed by atoms with Gasteiger partial charge in [0.25, 0.3) is 0 Å². The summed E-state index contributed by atoms with van der Waals surface area (Å²) in [6.07, 6.45) is 2.63. The van der Waals surface area contributed by atoms with Gasteiger partial charge >= 0.3 is 0 Å². The van der Waals surface area contributed by atoms with E-state index < -0.39 is 6.10 Å². The van der Waals surface area contributed by atoms with Gasteiger partial charge in [-0.2, -0.15) is 0 Å². The number of hydrogen-bond acceptors (Lipinski definition) is 4. The van der Waals surface area contributed by atoms with E-state index >= 15 is 0 Å². The van der Waals surface area contributed by atoms with Gasteiger partial charge in [-0.1, -0.05) is 12.1 Å². The standard InChI is InChI=1S/C12H13FN4O/c13-9-3-1-8(2-4-9)12-10(5-6-11(12)18)17-7-14-15-16-17/h1-4,7,10-12,18H,5-6H2/t10-,11+,12-/m0/s1. The fraction of sp³-hybridized carbons (Fsp3) is 0.417. The minimum atomic E-state index is -0.440. The molecule has 1 aromatic carbocycles. The normalized spacial score (nSPS) is 27.6. The summed E-state index contributed by atoms with van der Waals surface area (Å²) >= 11 is 0. The molecule has 5 nitrogen and oxygen atoms in total. The van der Waals surface area contributed by atoms with E-state index in [2.05, 4.69) is 15.5 Å². The van der Waals surface area contributed by atoms with E-state index in [9.17, 15) is 9.50 Å². The molecule has 0 spiro atoms. The number of nitrogens with zero attached hydrogens (tertiary/aromatic N) is 4. The van der Waals surface area contributed by atoms with Crippen molar-refractivity contribution in [1.29, 1.82) is 0 Å². The predicted molar refractivity (Wildman–Crippen MR) is 61.2 cm³/mol. The molecule has 94 valence electrons. The summed E-state index contributed by atoms with van der Waals surface area (Å²) in [5, 5.41) is 21.3. The third kappa shape index (κ3) is 1.88. The second-order valence-corrected chi connectivity index (χ2v) is 4.58. The molecule has 6 heteroatoms. The summed E-state index contributed by atoms with van der Waals surface area (Å²) in [4.78, 5) is 0. The van der Waals surface area contributed by atoms with Crippen molar-refractivity contribution in [2.75, 3.05) is 0 Å². The highest BCUT2D eigenvalue weighted by Gasteiger charge is 2.37. The first-order valence-corrected chi connectivity index (χ1v) is 5.91. The predicted octanol–water partition coefficient (Wildman–Crippen LogP) is 1.29. The Morgan fingerprint density at radius 1 is 1.22 bits per heavy atom. The zero-order valence-electron chi connectivity index (χ0n) is 9.65. The van der Waals surface area contributed by atoms with Gasteiger partial charge in [-0.15, -0.1) is 5.10 Å². The van der Waals surface area contributed by atoms with Gasteiger partial charge in [0.1, 0.15) is 12.1 Å². The van der Waals surface area contributed by atoms with Crippen LogP contribution in [-0.4, -0.2) is 31.4 Å². The molecule has 0 radical (unpaired) electrons. The van der Waals surface area contributed by atoms with Crippen LogP contribution < -0.4 is 0 Å². The summed E-state index contributed by atoms with van der Waals surface area (Å²) in [6, 6.07) is 6.28. The molecule has 3 atom stereocenters. The minimum absolute atomic E-state index is 0.0282. The highest BCUT2D eigenvalue weighted by Crippen LogP contribution is 2.42. The van der Waals surface area contributed by atoms with Crippen LogP contribution in [0.25, 0.3) is 0 Å². The first kappa shape index (κ1) is 11.3. The Kier molecular flexibility index (Phi) is 2.79. The van der Waals surface area contributed by atoms with Crippen molar-refractivity contribution < 1.29 is 9.50 Å². The lowest BCUT2D eigenvalue weighted by Gasteiger charge is -2.22. The average Bonchev–Trinajstić information content (AvgIpc) is 2.99. The van der Waals surface area contributed by atoms with Crippen LogP contribution in [0.1, 0.15) is 30.4 Å². The molecule has 1 saturated carbocycles. The topological polar surface area (TPSA) is 63.8 Å². The molecule has 1 fully saturated rings. The van der Waals surface area contributed by atoms with Crippen molar-refractivity contribution >= 4 is 0 Å². The van der Waals surface area contributed by atoms with Crippen molar-refractivity contribution in [2.45, 2.75) is 30.9 Å². The van der Waals surface area contributed by atoms with E-state index in [4.69, 9.17) is 0 Å². The Balaban J connectivity index is 1.94. The van der Waals surface area contributed by atoms with Gasteiger partial charge in [-0.25, -0.2) is 9.07 Å². The summed E-state index contributed by atoms with van der Waals surface area (Å²) < 4.78 is 14.6. The third-order valence-corrected chi connectivity index (χ3v) is 3.55. The smallest absolute Gasteiger partial charge is 0.138 e. The van der Waals surface area contributed by atoms with Crippen LogP contribution in [0.15, 0.2) is 30.6 Å². The van der Waals surface area contributed by atoms with Crippen LogP contribution in [0.3, 0.4) is 0 Å². The van der Waals surface area contributed by atoms with E-state index in [0.717, 1.165) is 12.0 Å². The van der Waals surface area contributed by atoms with Gasteiger partial charge in [-0.3, -0.25) is 0 Å². The summed E-state index contributed by atoms with van der Waals surface area (Å²) in [7, 11) is 0. The fourth-order valence-electron chi connectivity index (χ4n) is 2.70. The van der Waals surface area contributed by atoms with Crippen molar-refractivity contribution in [2.24, 2.45) is 0 Å². The third-order valence-electron chi connectivity index (χ3n) is 3.55. The molecule has 18 heavy (non-hydrogen) atoms. The highest BCUT2D eigenvalue weighted by atomic mass is 19.1. The molecular weight excluding hydrogens is 235 g/mol. The molecule has 3 rings (SSSR count). The maximum atomic E-state index is 12.9. The van der Waals surface area contributed by atoms with Gasteiger partial charge in [-0.05, 0) is 41.0 Å². The van der Waals surface area contributed by atoms with Crippen LogP contribution in [0.5, 0.6) is 0 Å². The van der Waals surface area contributed by atoms with Crippen LogP contribution in [0.4, 0.5) is 4.39 Å². The second-order valence-electron chi connectivity index (χ2n) is 4.58. The largest absolute Gasteiger partial charge is 0.392 e. The molecule has 0 unspecified atom stereocenters. The first-order chi connectivity index (χ1) is 8.75. The molecule has 0 bridgehead atoms. The Morgan fingerprint density at radius 3 is 2.67 bits per heavy atom. The highest BCUT2D eigenvalue weighted by molar-refractivity contribution is 5.24. The number of aliphatic hydroxyl groups excluding tert-OH is 1. The van der Waals surface area contributed by atoms with E-state index in [1.807, 2.05) is 0 Å². The lowest BCUT2D eigenvalue weighted by atomic mass is 9.92. The second kappa shape index (κ2) is 4.45. The molecule has 2 aromatic rings.